The molecule has 0 radical (unpaired) electrons. The Kier molecular flexibility index (Phi) is 7.75. The van der Waals surface area contributed by atoms with E-state index in [4.69, 9.17) is 18.6 Å². The van der Waals surface area contributed by atoms with Crippen molar-refractivity contribution in [3.8, 4) is 17.2 Å². The molecular weight excluding hydrogens is 372 g/mol. The Morgan fingerprint density at radius 3 is 2.21 bits per heavy atom. The fourth-order valence-electron chi connectivity index (χ4n) is 2.63. The summed E-state index contributed by atoms with van der Waals surface area (Å²) in [7, 11) is 4.93. The van der Waals surface area contributed by atoms with E-state index in [0.29, 0.717) is 48.8 Å². The Bertz CT molecular complexity index is 799. The van der Waals surface area contributed by atoms with E-state index in [2.05, 4.69) is 41.4 Å². The smallest absolute Gasteiger partial charge is 0.213 e. The number of ether oxygens (including phenoxy) is 3. The normalized spacial score (nSPS) is 11.9. The van der Waals surface area contributed by atoms with Crippen LogP contribution in [-0.4, -0.2) is 38.8 Å². The first-order chi connectivity index (χ1) is 13.8. The average Bonchev–Trinajstić information content (AvgIpc) is 3.18. The lowest BCUT2D eigenvalue weighted by Gasteiger charge is -2.16. The van der Waals surface area contributed by atoms with Crippen molar-refractivity contribution >= 4 is 5.96 Å². The molecule has 0 amide bonds. The van der Waals surface area contributed by atoms with E-state index >= 15 is 0 Å². The van der Waals surface area contributed by atoms with Gasteiger partial charge in [0.25, 0.3) is 0 Å². The van der Waals surface area contributed by atoms with Gasteiger partial charge in [0.15, 0.2) is 17.5 Å². The van der Waals surface area contributed by atoms with Gasteiger partial charge in [-0.3, -0.25) is 4.99 Å². The summed E-state index contributed by atoms with van der Waals surface area (Å²) in [6.07, 6.45) is 1.77. The highest BCUT2D eigenvalue weighted by atomic mass is 16.5. The summed E-state index contributed by atoms with van der Waals surface area (Å²) >= 11 is 0. The molecule has 0 atom stereocenters. The number of hydrogen-bond acceptors (Lipinski definition) is 6. The SMILES string of the molecule is CCOc1c(OC)cc(CNC(=NC)NCc2ncc(C(C)(C)C)o2)cc1OC. The van der Waals surface area contributed by atoms with Crippen LogP contribution in [0.2, 0.25) is 0 Å². The van der Waals surface area contributed by atoms with Gasteiger partial charge in [-0.2, -0.15) is 0 Å². The van der Waals surface area contributed by atoms with Crippen LogP contribution in [0.25, 0.3) is 0 Å². The fourth-order valence-corrected chi connectivity index (χ4v) is 2.63. The highest BCUT2D eigenvalue weighted by Gasteiger charge is 2.19. The van der Waals surface area contributed by atoms with Gasteiger partial charge in [0, 0.05) is 19.0 Å². The number of benzene rings is 1. The maximum Gasteiger partial charge on any atom is 0.213 e. The molecule has 1 heterocycles. The number of aromatic nitrogens is 1. The number of nitrogens with one attached hydrogen (secondary N) is 2. The molecule has 0 spiro atoms. The topological polar surface area (TPSA) is 90.1 Å². The number of aliphatic imine (C=N–C) groups is 1. The van der Waals surface area contributed by atoms with Crippen LogP contribution in [0.1, 0.15) is 44.9 Å². The van der Waals surface area contributed by atoms with Gasteiger partial charge in [0.1, 0.15) is 5.76 Å². The fraction of sp³-hybridized carbons (Fsp3) is 0.524. The van der Waals surface area contributed by atoms with Crippen molar-refractivity contribution in [1.29, 1.82) is 0 Å². The lowest BCUT2D eigenvalue weighted by Crippen LogP contribution is -2.36. The van der Waals surface area contributed by atoms with Gasteiger partial charge in [0.2, 0.25) is 11.6 Å². The van der Waals surface area contributed by atoms with Crippen LogP contribution >= 0.6 is 0 Å². The number of guanidine groups is 1. The molecule has 0 bridgehead atoms. The van der Waals surface area contributed by atoms with Gasteiger partial charge in [-0.05, 0) is 24.6 Å². The molecule has 160 valence electrons. The molecule has 2 rings (SSSR count). The molecule has 2 aromatic rings. The Hall–Kier alpha value is -2.90. The van der Waals surface area contributed by atoms with E-state index in [1.807, 2.05) is 19.1 Å². The lowest BCUT2D eigenvalue weighted by atomic mass is 9.94. The molecule has 0 aliphatic carbocycles. The van der Waals surface area contributed by atoms with E-state index in [1.54, 1.807) is 27.5 Å². The average molecular weight is 405 g/mol. The van der Waals surface area contributed by atoms with Crippen LogP contribution in [0.4, 0.5) is 0 Å². The Balaban J connectivity index is 2.01. The molecule has 0 unspecified atom stereocenters. The predicted octanol–water partition coefficient (Wildman–Crippen LogP) is 3.25. The van der Waals surface area contributed by atoms with Gasteiger partial charge < -0.3 is 29.3 Å². The molecule has 1 aromatic carbocycles. The van der Waals surface area contributed by atoms with E-state index in [1.165, 1.54) is 0 Å². The number of hydrogen-bond donors (Lipinski definition) is 2. The lowest BCUT2D eigenvalue weighted by molar-refractivity contribution is 0.288. The summed E-state index contributed by atoms with van der Waals surface area (Å²) in [6.45, 7) is 9.67. The first-order valence-corrected chi connectivity index (χ1v) is 9.59. The van der Waals surface area contributed by atoms with Crippen molar-refractivity contribution in [2.24, 2.45) is 4.99 Å². The molecular formula is C21H32N4O4. The highest BCUT2D eigenvalue weighted by Crippen LogP contribution is 2.38. The number of rotatable bonds is 8. The first kappa shape index (κ1) is 22.4. The minimum atomic E-state index is -0.0725. The maximum absolute atomic E-state index is 5.80. The van der Waals surface area contributed by atoms with E-state index in [-0.39, 0.29) is 5.41 Å². The molecule has 8 nitrogen and oxygen atoms in total. The van der Waals surface area contributed by atoms with Crippen LogP contribution in [0.15, 0.2) is 27.7 Å². The van der Waals surface area contributed by atoms with Gasteiger partial charge in [-0.25, -0.2) is 4.98 Å². The summed E-state index contributed by atoms with van der Waals surface area (Å²) in [6, 6.07) is 3.83. The summed E-state index contributed by atoms with van der Waals surface area (Å²) < 4.78 is 22.3. The molecule has 0 aliphatic rings. The van der Waals surface area contributed by atoms with Crippen molar-refractivity contribution in [2.75, 3.05) is 27.9 Å². The number of methoxy groups -OCH3 is 2. The minimum absolute atomic E-state index is 0.0725. The number of nitrogens with zero attached hydrogens (tertiary/aromatic N) is 2. The predicted molar refractivity (Wildman–Crippen MR) is 113 cm³/mol. The third-order valence-electron chi connectivity index (χ3n) is 4.19. The molecule has 0 saturated carbocycles. The first-order valence-electron chi connectivity index (χ1n) is 9.59. The zero-order valence-corrected chi connectivity index (χ0v) is 18.4. The Morgan fingerprint density at radius 2 is 1.72 bits per heavy atom. The second-order valence-electron chi connectivity index (χ2n) is 7.41. The molecule has 1 aromatic heterocycles. The van der Waals surface area contributed by atoms with Crippen LogP contribution in [0.5, 0.6) is 17.2 Å². The summed E-state index contributed by atoms with van der Waals surface area (Å²) in [5.41, 5.74) is 0.896. The summed E-state index contributed by atoms with van der Waals surface area (Å²) in [4.78, 5) is 8.56. The van der Waals surface area contributed by atoms with Crippen molar-refractivity contribution in [1.82, 2.24) is 15.6 Å². The van der Waals surface area contributed by atoms with Crippen molar-refractivity contribution < 1.29 is 18.6 Å². The van der Waals surface area contributed by atoms with E-state index in [0.717, 1.165) is 11.3 Å². The third-order valence-corrected chi connectivity index (χ3v) is 4.19. The molecule has 0 aliphatic heterocycles. The maximum atomic E-state index is 5.80. The Morgan fingerprint density at radius 1 is 1.10 bits per heavy atom. The zero-order valence-electron chi connectivity index (χ0n) is 18.4. The van der Waals surface area contributed by atoms with Crippen molar-refractivity contribution in [3.63, 3.8) is 0 Å². The van der Waals surface area contributed by atoms with Gasteiger partial charge in [-0.1, -0.05) is 20.8 Å². The van der Waals surface area contributed by atoms with Crippen molar-refractivity contribution in [3.05, 3.63) is 35.5 Å². The monoisotopic (exact) mass is 404 g/mol. The molecule has 0 fully saturated rings. The van der Waals surface area contributed by atoms with Crippen LogP contribution < -0.4 is 24.8 Å². The second-order valence-corrected chi connectivity index (χ2v) is 7.41. The van der Waals surface area contributed by atoms with Crippen LogP contribution in [-0.2, 0) is 18.5 Å². The highest BCUT2D eigenvalue weighted by molar-refractivity contribution is 5.79. The van der Waals surface area contributed by atoms with Crippen LogP contribution in [0.3, 0.4) is 0 Å². The van der Waals surface area contributed by atoms with Crippen molar-refractivity contribution in [2.45, 2.75) is 46.2 Å². The number of oxazole rings is 1. The summed E-state index contributed by atoms with van der Waals surface area (Å²) in [5.74, 6) is 3.95. The van der Waals surface area contributed by atoms with Gasteiger partial charge in [-0.15, -0.1) is 0 Å². The second kappa shape index (κ2) is 10.0. The zero-order chi connectivity index (χ0) is 21.4. The largest absolute Gasteiger partial charge is 0.493 e. The molecule has 29 heavy (non-hydrogen) atoms. The quantitative estimate of drug-likeness (QED) is 0.515. The van der Waals surface area contributed by atoms with E-state index < -0.39 is 0 Å². The minimum Gasteiger partial charge on any atom is -0.493 e. The third kappa shape index (κ3) is 6.04. The van der Waals surface area contributed by atoms with Crippen LogP contribution in [0, 0.1) is 0 Å². The Labute approximate surface area is 172 Å². The van der Waals surface area contributed by atoms with Gasteiger partial charge in [0.05, 0.1) is 33.6 Å². The molecule has 8 heteroatoms. The molecule has 0 saturated heterocycles. The molecule has 2 N–H and O–H groups in total. The van der Waals surface area contributed by atoms with Gasteiger partial charge >= 0.3 is 0 Å². The summed E-state index contributed by atoms with van der Waals surface area (Å²) in [5, 5.41) is 6.47. The van der Waals surface area contributed by atoms with E-state index in [9.17, 15) is 0 Å². The standard InChI is InChI=1S/C21H32N4O4/c1-8-28-19-15(26-6)9-14(10-16(19)27-7)11-24-20(22-5)25-13-18-23-12-17(29-18)21(2,3)4/h9-10,12H,8,11,13H2,1-7H3,(H2,22,24,25).